The van der Waals surface area contributed by atoms with Crippen LogP contribution in [0.1, 0.15) is 19.8 Å². The van der Waals surface area contributed by atoms with Gasteiger partial charge in [-0.1, -0.05) is 41.4 Å². The van der Waals surface area contributed by atoms with E-state index in [4.69, 9.17) is 32.7 Å². The van der Waals surface area contributed by atoms with Crippen molar-refractivity contribution in [1.82, 2.24) is 14.6 Å². The van der Waals surface area contributed by atoms with Gasteiger partial charge in [0.1, 0.15) is 22.9 Å². The van der Waals surface area contributed by atoms with Gasteiger partial charge in [-0.05, 0) is 31.0 Å². The quantitative estimate of drug-likeness (QED) is 0.379. The van der Waals surface area contributed by atoms with Gasteiger partial charge in [0.15, 0.2) is 0 Å². The van der Waals surface area contributed by atoms with Crippen molar-refractivity contribution in [2.45, 2.75) is 36.9 Å². The Morgan fingerprint density at radius 2 is 1.84 bits per heavy atom. The van der Waals surface area contributed by atoms with Crippen molar-refractivity contribution in [2.24, 2.45) is 0 Å². The van der Waals surface area contributed by atoms with Crippen LogP contribution in [0.5, 0.6) is 5.75 Å². The number of fused-ring (bicyclic) bond motifs is 1. The fraction of sp³-hybridized carbons (Fsp3) is 0.360. The number of carbonyl (C=O) groups is 1. The standard InChI is InChI=1S/C25H27Cl2N3O6S/c1-16(31)35-19(13-29-37(33,34)24-14-28-25(32)21-5-3-2-4-20(21)24)15-30-10-8-17(9-11-30)36-18-6-7-22(26)23(27)12-18/h2-7,12,14,17,19,29H,8-11,13,15H2,1H3,(H,28,32)/t19-/m0/s1. The van der Waals surface area contributed by atoms with Crippen LogP contribution in [0.15, 0.2) is 58.4 Å². The maximum Gasteiger partial charge on any atom is 0.302 e. The lowest BCUT2D eigenvalue weighted by Gasteiger charge is -2.34. The van der Waals surface area contributed by atoms with E-state index in [1.54, 1.807) is 42.5 Å². The molecule has 37 heavy (non-hydrogen) atoms. The number of H-pyrrole nitrogens is 1. The van der Waals surface area contributed by atoms with Crippen molar-refractivity contribution in [3.8, 4) is 5.75 Å². The molecule has 2 N–H and O–H groups in total. The van der Waals surface area contributed by atoms with Crippen molar-refractivity contribution in [2.75, 3.05) is 26.2 Å². The van der Waals surface area contributed by atoms with Crippen LogP contribution in [0.2, 0.25) is 10.0 Å². The van der Waals surface area contributed by atoms with Gasteiger partial charge in [-0.25, -0.2) is 13.1 Å². The highest BCUT2D eigenvalue weighted by Gasteiger charge is 2.26. The van der Waals surface area contributed by atoms with Gasteiger partial charge in [0.05, 0.1) is 10.0 Å². The number of sulfonamides is 1. The molecule has 1 aliphatic rings. The number of nitrogens with one attached hydrogen (secondary N) is 2. The van der Waals surface area contributed by atoms with Crippen molar-refractivity contribution >= 4 is 50.0 Å². The number of likely N-dealkylation sites (tertiary alicyclic amines) is 1. The van der Waals surface area contributed by atoms with Gasteiger partial charge in [0.25, 0.3) is 5.56 Å². The van der Waals surface area contributed by atoms with Gasteiger partial charge in [0, 0.05) is 56.1 Å². The maximum absolute atomic E-state index is 13.1. The monoisotopic (exact) mass is 567 g/mol. The van der Waals surface area contributed by atoms with E-state index in [1.165, 1.54) is 13.1 Å². The second-order valence-electron chi connectivity index (χ2n) is 8.80. The molecule has 0 spiro atoms. The van der Waals surface area contributed by atoms with Crippen LogP contribution in [-0.2, 0) is 19.6 Å². The first kappa shape index (κ1) is 27.4. The number of carbonyl (C=O) groups excluding carboxylic acids is 1. The van der Waals surface area contributed by atoms with E-state index in [-0.39, 0.29) is 28.5 Å². The summed E-state index contributed by atoms with van der Waals surface area (Å²) < 4.78 is 40.1. The molecule has 0 aliphatic carbocycles. The van der Waals surface area contributed by atoms with Gasteiger partial charge in [-0.2, -0.15) is 0 Å². The van der Waals surface area contributed by atoms with E-state index in [0.717, 1.165) is 12.8 Å². The summed E-state index contributed by atoms with van der Waals surface area (Å²) >= 11 is 12.0. The molecule has 0 radical (unpaired) electrons. The number of benzene rings is 2. The van der Waals surface area contributed by atoms with E-state index in [9.17, 15) is 18.0 Å². The van der Waals surface area contributed by atoms with Crippen LogP contribution >= 0.6 is 23.2 Å². The zero-order valence-corrected chi connectivity index (χ0v) is 22.4. The van der Waals surface area contributed by atoms with Crippen LogP contribution in [-0.4, -0.2) is 62.7 Å². The molecular weight excluding hydrogens is 541 g/mol. The molecule has 1 saturated heterocycles. The van der Waals surface area contributed by atoms with Crippen molar-refractivity contribution < 1.29 is 22.7 Å². The summed E-state index contributed by atoms with van der Waals surface area (Å²) in [4.78, 5) is 28.3. The summed E-state index contributed by atoms with van der Waals surface area (Å²) in [6.45, 7) is 2.89. The number of aromatic amines is 1. The molecule has 0 unspecified atom stereocenters. The van der Waals surface area contributed by atoms with Crippen molar-refractivity contribution in [3.05, 3.63) is 69.1 Å². The zero-order chi connectivity index (χ0) is 26.6. The van der Waals surface area contributed by atoms with Crippen LogP contribution < -0.4 is 15.0 Å². The molecule has 1 atom stereocenters. The lowest BCUT2D eigenvalue weighted by molar-refractivity contribution is -0.147. The molecule has 0 bridgehead atoms. The Labute approximate surface area is 224 Å². The number of ether oxygens (including phenoxy) is 2. The summed E-state index contributed by atoms with van der Waals surface area (Å²) in [5.41, 5.74) is -0.376. The molecule has 1 aromatic heterocycles. The van der Waals surface area contributed by atoms with Gasteiger partial charge in [0.2, 0.25) is 10.0 Å². The molecule has 4 rings (SSSR count). The number of halogens is 2. The molecular formula is C25H27Cl2N3O6S. The molecule has 0 amide bonds. The Kier molecular flexibility index (Phi) is 8.76. The van der Waals surface area contributed by atoms with Crippen LogP contribution in [0, 0.1) is 0 Å². The predicted octanol–water partition coefficient (Wildman–Crippen LogP) is 3.59. The third-order valence-electron chi connectivity index (χ3n) is 6.08. The Balaban J connectivity index is 1.37. The highest BCUT2D eigenvalue weighted by atomic mass is 35.5. The molecule has 2 heterocycles. The number of esters is 1. The number of aromatic nitrogens is 1. The molecule has 12 heteroatoms. The summed E-state index contributed by atoms with van der Waals surface area (Å²) in [7, 11) is -4.00. The molecule has 2 aromatic carbocycles. The average molecular weight is 568 g/mol. The van der Waals surface area contributed by atoms with Gasteiger partial charge in [-0.3, -0.25) is 14.5 Å². The first-order valence-electron chi connectivity index (χ1n) is 11.7. The third kappa shape index (κ3) is 7.03. The normalized spacial score (nSPS) is 16.0. The number of nitrogens with zero attached hydrogens (tertiary/aromatic N) is 1. The van der Waals surface area contributed by atoms with Crippen LogP contribution in [0.3, 0.4) is 0 Å². The van der Waals surface area contributed by atoms with E-state index in [1.807, 2.05) is 0 Å². The fourth-order valence-electron chi connectivity index (χ4n) is 4.30. The summed E-state index contributed by atoms with van der Waals surface area (Å²) in [5, 5.41) is 1.47. The smallest absolute Gasteiger partial charge is 0.302 e. The molecule has 0 saturated carbocycles. The average Bonchev–Trinajstić information content (AvgIpc) is 2.86. The first-order valence-corrected chi connectivity index (χ1v) is 14.0. The van der Waals surface area contributed by atoms with E-state index < -0.39 is 22.1 Å². The number of hydrogen-bond donors (Lipinski definition) is 2. The first-order chi connectivity index (χ1) is 17.6. The minimum Gasteiger partial charge on any atom is -0.490 e. The Bertz CT molecular complexity index is 1440. The largest absolute Gasteiger partial charge is 0.490 e. The second kappa shape index (κ2) is 11.8. The van der Waals surface area contributed by atoms with Gasteiger partial charge >= 0.3 is 5.97 Å². The van der Waals surface area contributed by atoms with Gasteiger partial charge < -0.3 is 14.5 Å². The molecule has 1 fully saturated rings. The number of rotatable bonds is 9. The van der Waals surface area contributed by atoms with E-state index in [2.05, 4.69) is 14.6 Å². The SMILES string of the molecule is CC(=O)O[C@@H](CNS(=O)(=O)c1c[nH]c(=O)c2ccccc12)CN1CCC(Oc2ccc(Cl)c(Cl)c2)CC1. The highest BCUT2D eigenvalue weighted by Crippen LogP contribution is 2.28. The van der Waals surface area contributed by atoms with Crippen molar-refractivity contribution in [3.63, 3.8) is 0 Å². The number of pyridine rings is 1. The van der Waals surface area contributed by atoms with Crippen molar-refractivity contribution in [1.29, 1.82) is 0 Å². The Morgan fingerprint density at radius 3 is 2.51 bits per heavy atom. The van der Waals surface area contributed by atoms with E-state index in [0.29, 0.717) is 40.8 Å². The predicted molar refractivity (Wildman–Crippen MR) is 142 cm³/mol. The Hall–Kier alpha value is -2.63. The molecule has 1 aliphatic heterocycles. The number of piperidine rings is 1. The molecule has 9 nitrogen and oxygen atoms in total. The Morgan fingerprint density at radius 1 is 1.14 bits per heavy atom. The molecule has 3 aromatic rings. The summed E-state index contributed by atoms with van der Waals surface area (Å²) in [6.07, 6.45) is 1.94. The number of hydrogen-bond acceptors (Lipinski definition) is 7. The third-order valence-corrected chi connectivity index (χ3v) is 8.29. The second-order valence-corrected chi connectivity index (χ2v) is 11.4. The fourth-order valence-corrected chi connectivity index (χ4v) is 5.83. The summed E-state index contributed by atoms with van der Waals surface area (Å²) in [6, 6.07) is 11.6. The highest BCUT2D eigenvalue weighted by molar-refractivity contribution is 7.89. The minimum absolute atomic E-state index is 0.00677. The lowest BCUT2D eigenvalue weighted by Crippen LogP contribution is -2.46. The lowest BCUT2D eigenvalue weighted by atomic mass is 10.1. The van der Waals surface area contributed by atoms with Crippen LogP contribution in [0.25, 0.3) is 10.8 Å². The maximum atomic E-state index is 13.1. The van der Waals surface area contributed by atoms with Crippen LogP contribution in [0.4, 0.5) is 0 Å². The topological polar surface area (TPSA) is 118 Å². The minimum atomic E-state index is -4.00. The summed E-state index contributed by atoms with van der Waals surface area (Å²) in [5.74, 6) is 0.145. The van der Waals surface area contributed by atoms with E-state index >= 15 is 0 Å². The zero-order valence-electron chi connectivity index (χ0n) is 20.1. The van der Waals surface area contributed by atoms with Gasteiger partial charge in [-0.15, -0.1) is 0 Å². The molecule has 198 valence electrons.